The number of benzene rings is 1. The number of alkyl halides is 3. The Morgan fingerprint density at radius 1 is 1.28 bits per heavy atom. The zero-order valence-corrected chi connectivity index (χ0v) is 16.8. The second-order valence-corrected chi connectivity index (χ2v) is 8.21. The average Bonchev–Trinajstić information content (AvgIpc) is 2.66. The maximum absolute atomic E-state index is 13.1. The molecule has 1 unspecified atom stereocenters. The first kappa shape index (κ1) is 21.4. The predicted octanol–water partition coefficient (Wildman–Crippen LogP) is 3.75. The monoisotopic (exact) mass is 430 g/mol. The van der Waals surface area contributed by atoms with E-state index in [9.17, 15) is 28.1 Å². The topological polar surface area (TPSA) is 79.6 Å². The third-order valence-electron chi connectivity index (χ3n) is 5.12. The number of halogens is 3. The lowest BCUT2D eigenvalue weighted by molar-refractivity contribution is -0.383. The fraction of sp³-hybridized carbons (Fsp3) is 0.556. The molecule has 29 heavy (non-hydrogen) atoms. The van der Waals surface area contributed by atoms with E-state index < -0.39 is 27.9 Å². The minimum Gasteiger partial charge on any atom is -0.345 e. The number of hydrogen-bond acceptors (Lipinski definition) is 7. The van der Waals surface area contributed by atoms with Crippen molar-refractivity contribution < 1.29 is 18.1 Å². The highest BCUT2D eigenvalue weighted by molar-refractivity contribution is 7.22. The van der Waals surface area contributed by atoms with Crippen LogP contribution < -0.4 is 10.5 Å². The fourth-order valence-corrected chi connectivity index (χ4v) is 4.38. The van der Waals surface area contributed by atoms with E-state index in [1.165, 1.54) is 0 Å². The van der Waals surface area contributed by atoms with Gasteiger partial charge < -0.3 is 4.90 Å². The number of fused-ring (bicyclic) bond motifs is 1. The van der Waals surface area contributed by atoms with Crippen molar-refractivity contribution in [3.63, 3.8) is 0 Å². The summed E-state index contributed by atoms with van der Waals surface area (Å²) in [6.07, 6.45) is -3.71. The van der Waals surface area contributed by atoms with E-state index in [4.69, 9.17) is 0 Å². The van der Waals surface area contributed by atoms with Gasteiger partial charge in [-0.25, -0.2) is 0 Å². The molecule has 3 rings (SSSR count). The number of aromatic nitrogens is 1. The Bertz CT molecular complexity index is 971. The number of nitro benzene ring substituents is 1. The van der Waals surface area contributed by atoms with Crippen LogP contribution in [0.1, 0.15) is 25.8 Å². The molecule has 7 nitrogen and oxygen atoms in total. The molecule has 2 heterocycles. The normalized spacial score (nSPS) is 16.9. The number of rotatable bonds is 5. The van der Waals surface area contributed by atoms with E-state index in [0.29, 0.717) is 36.3 Å². The van der Waals surface area contributed by atoms with Crippen molar-refractivity contribution in [3.8, 4) is 0 Å². The predicted molar refractivity (Wildman–Crippen MR) is 106 cm³/mol. The zero-order valence-electron chi connectivity index (χ0n) is 16.0. The van der Waals surface area contributed by atoms with Crippen LogP contribution in [-0.4, -0.2) is 47.5 Å². The molecule has 0 radical (unpaired) electrons. The molecule has 2 aromatic rings. The highest BCUT2D eigenvalue weighted by Gasteiger charge is 2.34. The van der Waals surface area contributed by atoms with Gasteiger partial charge in [-0.15, -0.1) is 0 Å². The first-order valence-electron chi connectivity index (χ1n) is 9.28. The standard InChI is InChI=1S/C18H21F3N4O3S/c1-3-11(2)10-23-4-6-24(7-5-23)17-22-16(26)13-8-12(18(19,20)21)9-14(25(27)28)15(13)29-17/h8-9,11H,3-7,10H2,1-2H3. The Labute approximate surface area is 168 Å². The maximum atomic E-state index is 13.1. The molecule has 11 heteroatoms. The molecule has 1 fully saturated rings. The molecule has 1 aliphatic heterocycles. The Balaban J connectivity index is 1.95. The molecule has 1 atom stereocenters. The molecule has 158 valence electrons. The summed E-state index contributed by atoms with van der Waals surface area (Å²) in [5, 5.41) is 11.3. The molecule has 1 aromatic carbocycles. The Kier molecular flexibility index (Phi) is 6.08. The smallest absolute Gasteiger partial charge is 0.345 e. The second kappa shape index (κ2) is 8.23. The molecular weight excluding hydrogens is 409 g/mol. The van der Waals surface area contributed by atoms with Crippen LogP contribution in [0, 0.1) is 16.0 Å². The van der Waals surface area contributed by atoms with Crippen LogP contribution in [0.4, 0.5) is 24.0 Å². The van der Waals surface area contributed by atoms with Gasteiger partial charge in [-0.3, -0.25) is 19.8 Å². The zero-order chi connectivity index (χ0) is 21.3. The van der Waals surface area contributed by atoms with Crippen molar-refractivity contribution in [2.24, 2.45) is 5.92 Å². The highest BCUT2D eigenvalue weighted by Crippen LogP contribution is 2.38. The van der Waals surface area contributed by atoms with Gasteiger partial charge in [0.2, 0.25) is 0 Å². The van der Waals surface area contributed by atoms with Crippen LogP contribution in [0.25, 0.3) is 10.1 Å². The molecule has 0 spiro atoms. The van der Waals surface area contributed by atoms with E-state index >= 15 is 0 Å². The molecule has 0 bridgehead atoms. The van der Waals surface area contributed by atoms with E-state index in [1.54, 1.807) is 0 Å². The summed E-state index contributed by atoms with van der Waals surface area (Å²) in [7, 11) is 0. The van der Waals surface area contributed by atoms with Gasteiger partial charge in [0, 0.05) is 38.8 Å². The van der Waals surface area contributed by atoms with Crippen LogP contribution in [0.5, 0.6) is 0 Å². The van der Waals surface area contributed by atoms with Gasteiger partial charge in [0.15, 0.2) is 5.13 Å². The number of anilines is 1. The summed E-state index contributed by atoms with van der Waals surface area (Å²) in [6, 6.07) is 1.12. The van der Waals surface area contributed by atoms with Crippen molar-refractivity contribution in [2.75, 3.05) is 37.6 Å². The molecule has 0 amide bonds. The maximum Gasteiger partial charge on any atom is 0.416 e. The van der Waals surface area contributed by atoms with Crippen LogP contribution in [0.2, 0.25) is 0 Å². The SMILES string of the molecule is CCC(C)CN1CCN(c2nc(=O)c3cc(C(F)(F)F)cc([N+](=O)[O-])c3s2)CC1. The lowest BCUT2D eigenvalue weighted by atomic mass is 10.1. The van der Waals surface area contributed by atoms with Crippen LogP contribution >= 0.6 is 11.3 Å². The lowest BCUT2D eigenvalue weighted by Crippen LogP contribution is -2.47. The highest BCUT2D eigenvalue weighted by atomic mass is 32.1. The summed E-state index contributed by atoms with van der Waals surface area (Å²) in [5.41, 5.74) is -2.84. The van der Waals surface area contributed by atoms with Crippen LogP contribution in [0.15, 0.2) is 16.9 Å². The number of hydrogen-bond donors (Lipinski definition) is 0. The largest absolute Gasteiger partial charge is 0.416 e. The van der Waals surface area contributed by atoms with Crippen molar-refractivity contribution >= 4 is 32.2 Å². The number of nitro groups is 1. The third kappa shape index (κ3) is 4.67. The summed E-state index contributed by atoms with van der Waals surface area (Å²) >= 11 is 0.889. The fourth-order valence-electron chi connectivity index (χ4n) is 3.27. The van der Waals surface area contributed by atoms with Gasteiger partial charge >= 0.3 is 6.18 Å². The lowest BCUT2D eigenvalue weighted by Gasteiger charge is -2.36. The van der Waals surface area contributed by atoms with Gasteiger partial charge in [0.1, 0.15) is 4.70 Å². The Morgan fingerprint density at radius 2 is 1.93 bits per heavy atom. The quantitative estimate of drug-likeness (QED) is 0.531. The summed E-state index contributed by atoms with van der Waals surface area (Å²) in [6.45, 7) is 8.00. The first-order chi connectivity index (χ1) is 13.6. The minimum absolute atomic E-state index is 0.0833. The van der Waals surface area contributed by atoms with E-state index in [2.05, 4.69) is 23.7 Å². The molecule has 0 saturated carbocycles. The molecule has 1 aliphatic rings. The van der Waals surface area contributed by atoms with Crippen molar-refractivity contribution in [1.29, 1.82) is 0 Å². The van der Waals surface area contributed by atoms with Crippen molar-refractivity contribution in [3.05, 3.63) is 38.2 Å². The number of non-ortho nitro benzene ring substituents is 1. The minimum atomic E-state index is -4.79. The number of nitrogens with zero attached hydrogens (tertiary/aromatic N) is 4. The van der Waals surface area contributed by atoms with Gasteiger partial charge in [0.05, 0.1) is 15.9 Å². The summed E-state index contributed by atoms with van der Waals surface area (Å²) in [5.74, 6) is 0.571. The van der Waals surface area contributed by atoms with Crippen LogP contribution in [0.3, 0.4) is 0 Å². The first-order valence-corrected chi connectivity index (χ1v) is 10.1. The van der Waals surface area contributed by atoms with Crippen molar-refractivity contribution in [2.45, 2.75) is 26.4 Å². The van der Waals surface area contributed by atoms with Gasteiger partial charge in [0.25, 0.3) is 11.2 Å². The van der Waals surface area contributed by atoms with Crippen molar-refractivity contribution in [1.82, 2.24) is 9.88 Å². The molecule has 1 saturated heterocycles. The number of piperazine rings is 1. The molecule has 0 N–H and O–H groups in total. The van der Waals surface area contributed by atoms with E-state index in [1.807, 2.05) is 4.90 Å². The van der Waals surface area contributed by atoms with Gasteiger partial charge in [-0.05, 0) is 12.0 Å². The molecule has 0 aliphatic carbocycles. The summed E-state index contributed by atoms with van der Waals surface area (Å²) < 4.78 is 39.1. The Morgan fingerprint density at radius 3 is 2.48 bits per heavy atom. The average molecular weight is 430 g/mol. The Hall–Kier alpha value is -2.27. The van der Waals surface area contributed by atoms with Gasteiger partial charge in [-0.1, -0.05) is 31.6 Å². The molecule has 1 aromatic heterocycles. The third-order valence-corrected chi connectivity index (χ3v) is 6.29. The molecular formula is C18H21F3N4O3S. The van der Waals surface area contributed by atoms with Crippen LogP contribution in [-0.2, 0) is 6.18 Å². The van der Waals surface area contributed by atoms with E-state index in [-0.39, 0.29) is 10.1 Å². The van der Waals surface area contributed by atoms with E-state index in [0.717, 1.165) is 37.4 Å². The summed E-state index contributed by atoms with van der Waals surface area (Å²) in [4.78, 5) is 31.0. The second-order valence-electron chi connectivity index (χ2n) is 7.23. The van der Waals surface area contributed by atoms with Gasteiger partial charge in [-0.2, -0.15) is 18.2 Å².